The minimum Gasteiger partial charge on any atom is -0.307 e. The number of anilines is 1. The highest BCUT2D eigenvalue weighted by atomic mass is 35.5. The molecule has 0 unspecified atom stereocenters. The third-order valence-corrected chi connectivity index (χ3v) is 7.31. The lowest BCUT2D eigenvalue weighted by atomic mass is 10.2. The summed E-state index contributed by atoms with van der Waals surface area (Å²) in [4.78, 5) is 14.6. The van der Waals surface area contributed by atoms with Crippen LogP contribution in [0.5, 0.6) is 0 Å². The highest BCUT2D eigenvalue weighted by Crippen LogP contribution is 2.20. The average Bonchev–Trinajstić information content (AvgIpc) is 3.35. The van der Waals surface area contributed by atoms with Gasteiger partial charge in [0.2, 0.25) is 15.9 Å². The van der Waals surface area contributed by atoms with Crippen molar-refractivity contribution < 1.29 is 13.2 Å². The largest absolute Gasteiger partial charge is 0.307 e. The molecule has 1 aliphatic rings. The van der Waals surface area contributed by atoms with Gasteiger partial charge in [-0.05, 0) is 5.56 Å². The monoisotopic (exact) mass is 477 g/mol. The summed E-state index contributed by atoms with van der Waals surface area (Å²) in [5.41, 5.74) is 1.07. The minimum atomic E-state index is -3.58. The first-order chi connectivity index (χ1) is 15.3. The Hall–Kier alpha value is -2.73. The van der Waals surface area contributed by atoms with Crippen molar-refractivity contribution in [3.63, 3.8) is 0 Å². The molecule has 1 amide bonds. The summed E-state index contributed by atoms with van der Waals surface area (Å²) in [6, 6.07) is 9.82. The summed E-state index contributed by atoms with van der Waals surface area (Å²) in [5, 5.41) is 11.4. The molecule has 1 fully saturated rings. The van der Waals surface area contributed by atoms with Gasteiger partial charge in [0.25, 0.3) is 0 Å². The van der Waals surface area contributed by atoms with Crippen molar-refractivity contribution in [2.75, 3.05) is 38.0 Å². The van der Waals surface area contributed by atoms with Gasteiger partial charge in [0.15, 0.2) is 5.82 Å². The molecular weight excluding hydrogens is 454 g/mol. The van der Waals surface area contributed by atoms with Crippen LogP contribution in [0.3, 0.4) is 0 Å². The van der Waals surface area contributed by atoms with Crippen LogP contribution in [0.2, 0.25) is 5.02 Å². The van der Waals surface area contributed by atoms with Crippen LogP contribution in [0.1, 0.15) is 5.56 Å². The number of aryl methyl sites for hydroxylation is 1. The number of hydrogen-bond acceptors (Lipinski definition) is 6. The van der Waals surface area contributed by atoms with E-state index in [1.54, 1.807) is 17.9 Å². The average molecular weight is 478 g/mol. The lowest BCUT2D eigenvalue weighted by Crippen LogP contribution is -2.50. The predicted octanol–water partition coefficient (Wildman–Crippen LogP) is 1.26. The van der Waals surface area contributed by atoms with Crippen LogP contribution < -0.4 is 5.32 Å². The molecular formula is C20H24ClN7O3S. The molecule has 3 aromatic rings. The second kappa shape index (κ2) is 9.41. The van der Waals surface area contributed by atoms with Crippen LogP contribution in [-0.2, 0) is 28.4 Å². The molecule has 0 atom stereocenters. The Labute approximate surface area is 191 Å². The third kappa shape index (κ3) is 5.18. The highest BCUT2D eigenvalue weighted by Gasteiger charge is 2.30. The normalized spacial score (nSPS) is 15.7. The topological polar surface area (TPSA) is 105 Å². The Morgan fingerprint density at radius 1 is 1.12 bits per heavy atom. The van der Waals surface area contributed by atoms with Gasteiger partial charge < -0.3 is 5.32 Å². The molecule has 0 bridgehead atoms. The first-order valence-corrected chi connectivity index (χ1v) is 11.9. The van der Waals surface area contributed by atoms with Gasteiger partial charge >= 0.3 is 0 Å². The summed E-state index contributed by atoms with van der Waals surface area (Å²) < 4.78 is 29.9. The smallest absolute Gasteiger partial charge is 0.246 e. The lowest BCUT2D eigenvalue weighted by Gasteiger charge is -2.33. The van der Waals surface area contributed by atoms with Crippen LogP contribution in [0, 0.1) is 0 Å². The van der Waals surface area contributed by atoms with E-state index in [-0.39, 0.29) is 17.3 Å². The number of halogens is 1. The van der Waals surface area contributed by atoms with Crippen LogP contribution >= 0.6 is 11.6 Å². The molecule has 1 aliphatic heterocycles. The van der Waals surface area contributed by atoms with Gasteiger partial charge in [-0.1, -0.05) is 41.9 Å². The van der Waals surface area contributed by atoms with E-state index >= 15 is 0 Å². The molecule has 32 heavy (non-hydrogen) atoms. The third-order valence-electron chi connectivity index (χ3n) is 5.18. The van der Waals surface area contributed by atoms with Crippen LogP contribution in [-0.4, -0.2) is 75.8 Å². The number of benzene rings is 1. The zero-order valence-electron chi connectivity index (χ0n) is 17.6. The molecule has 170 valence electrons. The summed E-state index contributed by atoms with van der Waals surface area (Å²) in [7, 11) is -1.90. The Morgan fingerprint density at radius 2 is 1.84 bits per heavy atom. The maximum Gasteiger partial charge on any atom is 0.246 e. The molecule has 12 heteroatoms. The second-order valence-electron chi connectivity index (χ2n) is 7.59. The van der Waals surface area contributed by atoms with Crippen molar-refractivity contribution in [1.29, 1.82) is 0 Å². The van der Waals surface area contributed by atoms with E-state index in [0.29, 0.717) is 43.6 Å². The molecule has 0 spiro atoms. The summed E-state index contributed by atoms with van der Waals surface area (Å²) >= 11 is 6.24. The molecule has 10 nitrogen and oxygen atoms in total. The highest BCUT2D eigenvalue weighted by molar-refractivity contribution is 7.89. The van der Waals surface area contributed by atoms with Gasteiger partial charge in [-0.15, -0.1) is 0 Å². The molecule has 1 N–H and O–H groups in total. The number of sulfonamides is 1. The molecule has 1 aromatic carbocycles. The molecule has 0 radical (unpaired) electrons. The predicted molar refractivity (Wildman–Crippen MR) is 120 cm³/mol. The van der Waals surface area contributed by atoms with E-state index in [0.717, 1.165) is 5.56 Å². The molecule has 4 rings (SSSR count). The van der Waals surface area contributed by atoms with E-state index in [9.17, 15) is 13.2 Å². The number of carbonyl (C=O) groups is 1. The summed E-state index contributed by atoms with van der Waals surface area (Å²) in [6.07, 6.45) is 4.50. The fourth-order valence-corrected chi connectivity index (χ4v) is 5.12. The van der Waals surface area contributed by atoms with Crippen molar-refractivity contribution >= 4 is 33.3 Å². The van der Waals surface area contributed by atoms with Crippen molar-refractivity contribution in [3.05, 3.63) is 59.5 Å². The molecule has 1 saturated heterocycles. The number of amides is 1. The first-order valence-electron chi connectivity index (χ1n) is 10.1. The molecule has 0 aliphatic carbocycles. The van der Waals surface area contributed by atoms with Crippen LogP contribution in [0.25, 0.3) is 0 Å². The fourth-order valence-electron chi connectivity index (χ4n) is 3.52. The molecule has 3 heterocycles. The van der Waals surface area contributed by atoms with E-state index in [1.807, 2.05) is 35.2 Å². The van der Waals surface area contributed by atoms with Crippen molar-refractivity contribution in [1.82, 2.24) is 28.8 Å². The van der Waals surface area contributed by atoms with E-state index in [1.165, 1.54) is 21.4 Å². The van der Waals surface area contributed by atoms with Crippen molar-refractivity contribution in [2.45, 2.75) is 11.4 Å². The number of nitrogens with one attached hydrogen (secondary N) is 1. The maximum absolute atomic E-state index is 12.7. The number of carbonyl (C=O) groups excluding carboxylic acids is 1. The van der Waals surface area contributed by atoms with Crippen LogP contribution in [0.15, 0.2) is 53.8 Å². The zero-order chi connectivity index (χ0) is 22.7. The zero-order valence-corrected chi connectivity index (χ0v) is 19.1. The number of piperazine rings is 1. The minimum absolute atomic E-state index is 0.128. The Balaban J connectivity index is 1.29. The summed E-state index contributed by atoms with van der Waals surface area (Å²) in [6.45, 7) is 2.17. The number of aromatic nitrogens is 4. The van der Waals surface area contributed by atoms with E-state index < -0.39 is 10.0 Å². The van der Waals surface area contributed by atoms with Crippen LogP contribution in [0.4, 0.5) is 5.82 Å². The standard InChI is InChI=1S/C20H24ClN7O3S/c1-25-13-17(11-22-25)32(30,31)28-9-7-26(8-10-28)15-19(29)23-20-18(21)14-27(24-20)12-16-5-3-2-4-6-16/h2-6,11,13-14H,7-10,12,15H2,1H3,(H,23,24,29). The number of rotatable bonds is 7. The van der Waals surface area contributed by atoms with E-state index in [2.05, 4.69) is 15.5 Å². The first kappa shape index (κ1) is 22.5. The fraction of sp³-hybridized carbons (Fsp3) is 0.350. The Morgan fingerprint density at radius 3 is 2.50 bits per heavy atom. The Bertz CT molecular complexity index is 1190. The Kier molecular flexibility index (Phi) is 6.60. The van der Waals surface area contributed by atoms with Gasteiger partial charge in [0.05, 0.1) is 19.3 Å². The van der Waals surface area contributed by atoms with E-state index in [4.69, 9.17) is 11.6 Å². The van der Waals surface area contributed by atoms with Crippen molar-refractivity contribution in [2.24, 2.45) is 7.05 Å². The molecule has 0 saturated carbocycles. The van der Waals surface area contributed by atoms with Gasteiger partial charge in [-0.3, -0.25) is 19.1 Å². The van der Waals surface area contributed by atoms with Gasteiger partial charge in [-0.25, -0.2) is 8.42 Å². The second-order valence-corrected chi connectivity index (χ2v) is 9.93. The number of hydrogen-bond donors (Lipinski definition) is 1. The molecule has 2 aromatic heterocycles. The van der Waals surface area contributed by atoms with Gasteiger partial charge in [-0.2, -0.15) is 14.5 Å². The van der Waals surface area contributed by atoms with Gasteiger partial charge in [0.1, 0.15) is 9.92 Å². The SMILES string of the molecule is Cn1cc(S(=O)(=O)N2CCN(CC(=O)Nc3nn(Cc4ccccc4)cc3Cl)CC2)cn1. The quantitative estimate of drug-likeness (QED) is 0.549. The number of nitrogens with zero attached hydrogens (tertiary/aromatic N) is 6. The van der Waals surface area contributed by atoms with Crippen molar-refractivity contribution in [3.8, 4) is 0 Å². The van der Waals surface area contributed by atoms with Gasteiger partial charge in [0, 0.05) is 45.6 Å². The summed E-state index contributed by atoms with van der Waals surface area (Å²) in [5.74, 6) is 0.0609. The lowest BCUT2D eigenvalue weighted by molar-refractivity contribution is -0.117. The maximum atomic E-state index is 12.7.